The van der Waals surface area contributed by atoms with Gasteiger partial charge in [0.05, 0.1) is 11.8 Å². The van der Waals surface area contributed by atoms with Gasteiger partial charge >= 0.3 is 0 Å². The molecule has 2 N–H and O–H groups in total. The van der Waals surface area contributed by atoms with E-state index in [2.05, 4.69) is 17.6 Å². The van der Waals surface area contributed by atoms with E-state index in [0.717, 1.165) is 51.4 Å². The normalized spacial score (nSPS) is 23.2. The highest BCUT2D eigenvalue weighted by Crippen LogP contribution is 2.27. The summed E-state index contributed by atoms with van der Waals surface area (Å²) in [6.07, 6.45) is 9.39. The van der Waals surface area contributed by atoms with E-state index in [4.69, 9.17) is 4.74 Å². The Balaban J connectivity index is 1.51. The third-order valence-electron chi connectivity index (χ3n) is 5.82. The molecule has 2 unspecified atom stereocenters. The lowest BCUT2D eigenvalue weighted by atomic mass is 9.88. The molecule has 6 heteroatoms. The highest BCUT2D eigenvalue weighted by Gasteiger charge is 2.22. The molecule has 0 bridgehead atoms. The summed E-state index contributed by atoms with van der Waals surface area (Å²) in [4.78, 5) is 24.6. The Morgan fingerprint density at radius 1 is 1.07 bits per heavy atom. The van der Waals surface area contributed by atoms with Crippen molar-refractivity contribution in [1.29, 1.82) is 0 Å². The number of carbonyl (C=O) groups excluding carboxylic acids is 2. The fraction of sp³-hybridized carbons (Fsp3) is 0.636. The quantitative estimate of drug-likeness (QED) is 0.728. The predicted octanol–water partition coefficient (Wildman–Crippen LogP) is 4.88. The van der Waals surface area contributed by atoms with Gasteiger partial charge in [-0.1, -0.05) is 39.0 Å². The molecule has 154 valence electrons. The van der Waals surface area contributed by atoms with Gasteiger partial charge in [0, 0.05) is 11.6 Å². The Morgan fingerprint density at radius 3 is 2.61 bits per heavy atom. The summed E-state index contributed by atoms with van der Waals surface area (Å²) in [5.41, 5.74) is 0.557. The Bertz CT molecular complexity index is 688. The fourth-order valence-corrected chi connectivity index (χ4v) is 4.22. The van der Waals surface area contributed by atoms with E-state index in [0.29, 0.717) is 11.6 Å². The summed E-state index contributed by atoms with van der Waals surface area (Å²) in [5.74, 6) is -0.340. The first-order chi connectivity index (χ1) is 13.5. The highest BCUT2D eigenvalue weighted by molar-refractivity contribution is 5.95. The number of hydrogen-bond donors (Lipinski definition) is 2. The molecular weight excluding hydrogens is 359 g/mol. The summed E-state index contributed by atoms with van der Waals surface area (Å²) in [6, 6.07) is 4.22. The molecule has 5 nitrogen and oxygen atoms in total. The van der Waals surface area contributed by atoms with Gasteiger partial charge < -0.3 is 15.4 Å². The standard InChI is InChI=1S/C22H31FN2O3/c1-15-6-5-9-18(12-15)28-14-21(26)24-17-10-11-19(23)20(13-17)25-22(27)16-7-3-2-4-8-16/h10-11,13,15-16,18H,2-9,12,14H2,1H3,(H,24,26)(H,25,27). The molecule has 0 aromatic heterocycles. The van der Waals surface area contributed by atoms with Crippen molar-refractivity contribution >= 4 is 23.2 Å². The van der Waals surface area contributed by atoms with Gasteiger partial charge in [0.15, 0.2) is 0 Å². The van der Waals surface area contributed by atoms with Crippen LogP contribution in [0, 0.1) is 17.7 Å². The minimum Gasteiger partial charge on any atom is -0.368 e. The van der Waals surface area contributed by atoms with Crippen molar-refractivity contribution in [3.05, 3.63) is 24.0 Å². The van der Waals surface area contributed by atoms with E-state index in [1.807, 2.05) is 0 Å². The first-order valence-electron chi connectivity index (χ1n) is 10.5. The third kappa shape index (κ3) is 6.03. The van der Waals surface area contributed by atoms with E-state index in [1.165, 1.54) is 24.6 Å². The van der Waals surface area contributed by atoms with E-state index in [9.17, 15) is 14.0 Å². The zero-order valence-corrected chi connectivity index (χ0v) is 16.6. The van der Waals surface area contributed by atoms with Crippen LogP contribution < -0.4 is 10.6 Å². The van der Waals surface area contributed by atoms with Crippen molar-refractivity contribution in [1.82, 2.24) is 0 Å². The number of carbonyl (C=O) groups is 2. The van der Waals surface area contributed by atoms with Crippen LogP contribution in [0.1, 0.15) is 64.7 Å². The van der Waals surface area contributed by atoms with Gasteiger partial charge in [-0.2, -0.15) is 0 Å². The number of rotatable bonds is 6. The second-order valence-corrected chi connectivity index (χ2v) is 8.27. The van der Waals surface area contributed by atoms with Crippen molar-refractivity contribution in [2.45, 2.75) is 70.8 Å². The van der Waals surface area contributed by atoms with E-state index in [1.54, 1.807) is 0 Å². The van der Waals surface area contributed by atoms with Crippen LogP contribution in [-0.4, -0.2) is 24.5 Å². The Labute approximate surface area is 166 Å². The number of anilines is 2. The largest absolute Gasteiger partial charge is 0.368 e. The topological polar surface area (TPSA) is 67.4 Å². The SMILES string of the molecule is CC1CCCC(OCC(=O)Nc2ccc(F)c(NC(=O)C3CCCCC3)c2)C1. The smallest absolute Gasteiger partial charge is 0.250 e. The minimum absolute atomic E-state index is 0.0153. The zero-order chi connectivity index (χ0) is 19.9. The number of amides is 2. The van der Waals surface area contributed by atoms with Crippen LogP contribution in [0.25, 0.3) is 0 Å². The third-order valence-corrected chi connectivity index (χ3v) is 5.82. The van der Waals surface area contributed by atoms with Gasteiger partial charge in [0.1, 0.15) is 12.4 Å². The van der Waals surface area contributed by atoms with E-state index >= 15 is 0 Å². The first kappa shape index (κ1) is 20.8. The molecule has 0 radical (unpaired) electrons. The number of hydrogen-bond acceptors (Lipinski definition) is 3. The lowest BCUT2D eigenvalue weighted by Crippen LogP contribution is -2.27. The fourth-order valence-electron chi connectivity index (χ4n) is 4.22. The van der Waals surface area contributed by atoms with Crippen LogP contribution in [0.15, 0.2) is 18.2 Å². The number of nitrogens with one attached hydrogen (secondary N) is 2. The number of ether oxygens (including phenoxy) is 1. The lowest BCUT2D eigenvalue weighted by Gasteiger charge is -2.26. The van der Waals surface area contributed by atoms with Crippen LogP contribution in [0.5, 0.6) is 0 Å². The van der Waals surface area contributed by atoms with Crippen molar-refractivity contribution in [2.24, 2.45) is 11.8 Å². The molecular formula is C22H31FN2O3. The summed E-state index contributed by atoms with van der Waals surface area (Å²) in [6.45, 7) is 2.19. The summed E-state index contributed by atoms with van der Waals surface area (Å²) < 4.78 is 19.8. The first-order valence-corrected chi connectivity index (χ1v) is 10.5. The van der Waals surface area contributed by atoms with Gasteiger partial charge in [-0.3, -0.25) is 9.59 Å². The zero-order valence-electron chi connectivity index (χ0n) is 16.6. The molecule has 1 aromatic rings. The van der Waals surface area contributed by atoms with Crippen LogP contribution in [0.2, 0.25) is 0 Å². The van der Waals surface area contributed by atoms with Crippen molar-refractivity contribution in [2.75, 3.05) is 17.2 Å². The maximum atomic E-state index is 14.1. The van der Waals surface area contributed by atoms with Crippen molar-refractivity contribution in [3.63, 3.8) is 0 Å². The van der Waals surface area contributed by atoms with Gasteiger partial charge in [0.2, 0.25) is 11.8 Å². The number of benzene rings is 1. The van der Waals surface area contributed by atoms with E-state index in [-0.39, 0.29) is 36.1 Å². The van der Waals surface area contributed by atoms with Crippen LogP contribution in [-0.2, 0) is 14.3 Å². The Kier molecular flexibility index (Phi) is 7.43. The average Bonchev–Trinajstić information content (AvgIpc) is 2.70. The monoisotopic (exact) mass is 390 g/mol. The molecule has 2 fully saturated rings. The van der Waals surface area contributed by atoms with Crippen LogP contribution in [0.4, 0.5) is 15.8 Å². The Hall–Kier alpha value is -1.95. The molecule has 28 heavy (non-hydrogen) atoms. The second-order valence-electron chi connectivity index (χ2n) is 8.27. The summed E-state index contributed by atoms with van der Waals surface area (Å²) in [7, 11) is 0. The molecule has 0 saturated heterocycles. The van der Waals surface area contributed by atoms with Gasteiger partial charge in [0.25, 0.3) is 0 Å². The average molecular weight is 390 g/mol. The predicted molar refractivity (Wildman–Crippen MR) is 108 cm³/mol. The minimum atomic E-state index is -0.505. The Morgan fingerprint density at radius 2 is 1.86 bits per heavy atom. The molecule has 0 spiro atoms. The lowest BCUT2D eigenvalue weighted by molar-refractivity contribution is -0.123. The van der Waals surface area contributed by atoms with Crippen LogP contribution >= 0.6 is 0 Å². The summed E-state index contributed by atoms with van der Waals surface area (Å²) >= 11 is 0. The molecule has 1 aromatic carbocycles. The molecule has 2 aliphatic rings. The van der Waals surface area contributed by atoms with Gasteiger partial charge in [-0.25, -0.2) is 4.39 Å². The molecule has 0 aliphatic heterocycles. The van der Waals surface area contributed by atoms with Crippen LogP contribution in [0.3, 0.4) is 0 Å². The number of halogens is 1. The maximum absolute atomic E-state index is 14.1. The maximum Gasteiger partial charge on any atom is 0.250 e. The van der Waals surface area contributed by atoms with Crippen molar-refractivity contribution < 1.29 is 18.7 Å². The molecule has 2 saturated carbocycles. The molecule has 2 amide bonds. The van der Waals surface area contributed by atoms with E-state index < -0.39 is 5.82 Å². The molecule has 2 aliphatic carbocycles. The molecule has 2 atom stereocenters. The van der Waals surface area contributed by atoms with Crippen molar-refractivity contribution in [3.8, 4) is 0 Å². The molecule has 0 heterocycles. The molecule has 3 rings (SSSR count). The van der Waals surface area contributed by atoms with Gasteiger partial charge in [-0.05, 0) is 49.8 Å². The summed E-state index contributed by atoms with van der Waals surface area (Å²) in [5, 5.41) is 5.42. The van der Waals surface area contributed by atoms with Gasteiger partial charge in [-0.15, -0.1) is 0 Å². The highest BCUT2D eigenvalue weighted by atomic mass is 19.1. The second kappa shape index (κ2) is 10.0.